The number of aromatic nitrogens is 1. The minimum Gasteiger partial charge on any atom is -0.497 e. The van der Waals surface area contributed by atoms with Crippen LogP contribution in [0.1, 0.15) is 11.1 Å². The molecule has 32 heavy (non-hydrogen) atoms. The van der Waals surface area contributed by atoms with Crippen molar-refractivity contribution < 1.29 is 17.9 Å². The molecule has 4 rings (SSSR count). The van der Waals surface area contributed by atoms with Crippen LogP contribution in [0.25, 0.3) is 11.3 Å². The van der Waals surface area contributed by atoms with E-state index in [1.165, 1.54) is 35.7 Å². The zero-order valence-corrected chi connectivity index (χ0v) is 20.3. The Hall–Kier alpha value is -2.62. The number of sulfonamides is 1. The molecule has 9 heteroatoms. The first-order chi connectivity index (χ1) is 15.3. The molecule has 1 aliphatic heterocycles. The predicted octanol–water partition coefficient (Wildman–Crippen LogP) is 3.96. The van der Waals surface area contributed by atoms with Crippen molar-refractivity contribution in [2.24, 2.45) is 0 Å². The largest absolute Gasteiger partial charge is 0.497 e. The molecule has 170 valence electrons. The van der Waals surface area contributed by atoms with E-state index in [4.69, 9.17) is 14.5 Å². The monoisotopic (exact) mass is 473 g/mol. The molecule has 1 aromatic heterocycles. The second-order valence-corrected chi connectivity index (χ2v) is 10.5. The molecular formula is C23H27N3O4S2. The van der Waals surface area contributed by atoms with Gasteiger partial charge in [0.05, 0.1) is 19.9 Å². The van der Waals surface area contributed by atoms with Gasteiger partial charge in [-0.15, -0.1) is 11.3 Å². The van der Waals surface area contributed by atoms with E-state index in [0.29, 0.717) is 31.9 Å². The fourth-order valence-electron chi connectivity index (χ4n) is 3.79. The highest BCUT2D eigenvalue weighted by Crippen LogP contribution is 2.33. The molecule has 2 heterocycles. The average Bonchev–Trinajstić information content (AvgIpc) is 3.30. The van der Waals surface area contributed by atoms with Crippen molar-refractivity contribution in [1.29, 1.82) is 0 Å². The number of aryl methyl sites for hydroxylation is 2. The zero-order chi connectivity index (χ0) is 22.9. The molecule has 1 fully saturated rings. The molecule has 0 bridgehead atoms. The molecule has 0 N–H and O–H groups in total. The van der Waals surface area contributed by atoms with Crippen molar-refractivity contribution >= 4 is 26.5 Å². The second kappa shape index (κ2) is 9.09. The van der Waals surface area contributed by atoms with Crippen molar-refractivity contribution in [2.45, 2.75) is 18.7 Å². The van der Waals surface area contributed by atoms with Gasteiger partial charge in [-0.05, 0) is 37.6 Å². The normalized spacial score (nSPS) is 15.1. The third kappa shape index (κ3) is 4.32. The molecule has 0 amide bonds. The maximum absolute atomic E-state index is 13.2. The van der Waals surface area contributed by atoms with E-state index < -0.39 is 10.0 Å². The first-order valence-electron chi connectivity index (χ1n) is 10.3. The number of nitrogens with zero attached hydrogens (tertiary/aromatic N) is 3. The fraction of sp³-hybridized carbons (Fsp3) is 0.348. The van der Waals surface area contributed by atoms with Crippen LogP contribution in [0.5, 0.6) is 11.5 Å². The predicted molar refractivity (Wildman–Crippen MR) is 128 cm³/mol. The zero-order valence-electron chi connectivity index (χ0n) is 18.7. The van der Waals surface area contributed by atoms with Crippen molar-refractivity contribution in [1.82, 2.24) is 9.29 Å². The van der Waals surface area contributed by atoms with E-state index in [1.54, 1.807) is 23.5 Å². The third-order valence-electron chi connectivity index (χ3n) is 5.66. The highest BCUT2D eigenvalue weighted by Gasteiger charge is 2.31. The molecule has 0 spiro atoms. The number of ether oxygens (including phenoxy) is 2. The standard InChI is InChI=1S/C23H27N3O4S2/c1-16-5-6-17(2)19(13-16)20-15-31-23(24-20)25-9-11-26(12-10-25)32(27,28)22-8-7-18(29-3)14-21(22)30-4/h5-8,13-15H,9-12H2,1-4H3. The van der Waals surface area contributed by atoms with E-state index in [9.17, 15) is 8.42 Å². The van der Waals surface area contributed by atoms with Crippen molar-refractivity contribution in [2.75, 3.05) is 45.3 Å². The van der Waals surface area contributed by atoms with Gasteiger partial charge in [0.15, 0.2) is 5.13 Å². The molecule has 0 unspecified atom stereocenters. The summed E-state index contributed by atoms with van der Waals surface area (Å²) in [5.74, 6) is 0.832. The average molecular weight is 474 g/mol. The highest BCUT2D eigenvalue weighted by molar-refractivity contribution is 7.89. The van der Waals surface area contributed by atoms with Crippen LogP contribution in [-0.2, 0) is 10.0 Å². The van der Waals surface area contributed by atoms with Crippen LogP contribution in [0.15, 0.2) is 46.7 Å². The quantitative estimate of drug-likeness (QED) is 0.540. The Balaban J connectivity index is 1.49. The molecule has 1 saturated heterocycles. The summed E-state index contributed by atoms with van der Waals surface area (Å²) in [6.07, 6.45) is 0. The number of hydrogen-bond donors (Lipinski definition) is 0. The third-order valence-corrected chi connectivity index (χ3v) is 8.50. The number of hydrogen-bond acceptors (Lipinski definition) is 7. The van der Waals surface area contributed by atoms with Crippen molar-refractivity contribution in [3.05, 3.63) is 52.9 Å². The van der Waals surface area contributed by atoms with Crippen LogP contribution in [0.3, 0.4) is 0 Å². The van der Waals surface area contributed by atoms with E-state index in [1.807, 2.05) is 0 Å². The Labute approximate surface area is 193 Å². The van der Waals surface area contributed by atoms with E-state index in [0.717, 1.165) is 16.4 Å². The number of rotatable bonds is 6. The fourth-order valence-corrected chi connectivity index (χ4v) is 6.23. The lowest BCUT2D eigenvalue weighted by molar-refractivity contribution is 0.370. The van der Waals surface area contributed by atoms with Crippen LogP contribution in [0.4, 0.5) is 5.13 Å². The number of anilines is 1. The maximum Gasteiger partial charge on any atom is 0.246 e. The van der Waals surface area contributed by atoms with Gasteiger partial charge < -0.3 is 14.4 Å². The van der Waals surface area contributed by atoms with E-state index in [2.05, 4.69) is 42.3 Å². The Bertz CT molecular complexity index is 1220. The Morgan fingerprint density at radius 2 is 1.72 bits per heavy atom. The van der Waals surface area contributed by atoms with Gasteiger partial charge >= 0.3 is 0 Å². The second-order valence-electron chi connectivity index (χ2n) is 7.74. The van der Waals surface area contributed by atoms with Gasteiger partial charge in [-0.3, -0.25) is 0 Å². The Morgan fingerprint density at radius 1 is 0.969 bits per heavy atom. The first kappa shape index (κ1) is 22.6. The first-order valence-corrected chi connectivity index (χ1v) is 12.7. The maximum atomic E-state index is 13.2. The summed E-state index contributed by atoms with van der Waals surface area (Å²) in [5.41, 5.74) is 4.49. The van der Waals surface area contributed by atoms with Crippen LogP contribution in [-0.4, -0.2) is 58.1 Å². The van der Waals surface area contributed by atoms with Gasteiger partial charge in [0.1, 0.15) is 16.4 Å². The molecule has 7 nitrogen and oxygen atoms in total. The number of methoxy groups -OCH3 is 2. The SMILES string of the molecule is COc1ccc(S(=O)(=O)N2CCN(c3nc(-c4cc(C)ccc4C)cs3)CC2)c(OC)c1. The minimum absolute atomic E-state index is 0.153. The van der Waals surface area contributed by atoms with Gasteiger partial charge in [-0.25, -0.2) is 13.4 Å². The van der Waals surface area contributed by atoms with Gasteiger partial charge in [0.25, 0.3) is 0 Å². The van der Waals surface area contributed by atoms with Gasteiger partial charge in [-0.1, -0.05) is 17.7 Å². The summed E-state index contributed by atoms with van der Waals surface area (Å²) in [7, 11) is -0.680. The van der Waals surface area contributed by atoms with Crippen LogP contribution in [0.2, 0.25) is 0 Å². The molecule has 0 aliphatic carbocycles. The summed E-state index contributed by atoms with van der Waals surface area (Å²) in [6, 6.07) is 11.1. The molecule has 0 radical (unpaired) electrons. The summed E-state index contributed by atoms with van der Waals surface area (Å²) in [6.45, 7) is 6.10. The summed E-state index contributed by atoms with van der Waals surface area (Å²) < 4.78 is 38.5. The number of thiazole rings is 1. The van der Waals surface area contributed by atoms with Crippen molar-refractivity contribution in [3.8, 4) is 22.8 Å². The van der Waals surface area contributed by atoms with Crippen molar-refractivity contribution in [3.63, 3.8) is 0 Å². The smallest absolute Gasteiger partial charge is 0.246 e. The molecule has 0 atom stereocenters. The summed E-state index contributed by atoms with van der Waals surface area (Å²) in [5, 5.41) is 2.99. The van der Waals surface area contributed by atoms with Crippen LogP contribution >= 0.6 is 11.3 Å². The van der Waals surface area contributed by atoms with Gasteiger partial charge in [0, 0.05) is 43.2 Å². The van der Waals surface area contributed by atoms with E-state index >= 15 is 0 Å². The van der Waals surface area contributed by atoms with E-state index in [-0.39, 0.29) is 10.6 Å². The molecule has 1 aliphatic rings. The molecular weight excluding hydrogens is 446 g/mol. The number of piperazine rings is 1. The Morgan fingerprint density at radius 3 is 2.41 bits per heavy atom. The Kier molecular flexibility index (Phi) is 6.41. The molecule has 3 aromatic rings. The topological polar surface area (TPSA) is 72.0 Å². The summed E-state index contributed by atoms with van der Waals surface area (Å²) in [4.78, 5) is 7.14. The lowest BCUT2D eigenvalue weighted by atomic mass is 10.0. The summed E-state index contributed by atoms with van der Waals surface area (Å²) >= 11 is 1.59. The van der Waals surface area contributed by atoms with Crippen LogP contribution in [0, 0.1) is 13.8 Å². The van der Waals surface area contributed by atoms with Gasteiger partial charge in [0.2, 0.25) is 10.0 Å². The van der Waals surface area contributed by atoms with Crippen LogP contribution < -0.4 is 14.4 Å². The highest BCUT2D eigenvalue weighted by atomic mass is 32.2. The van der Waals surface area contributed by atoms with Gasteiger partial charge in [-0.2, -0.15) is 4.31 Å². The molecule has 0 saturated carbocycles. The lowest BCUT2D eigenvalue weighted by Crippen LogP contribution is -2.48. The lowest BCUT2D eigenvalue weighted by Gasteiger charge is -2.34. The molecule has 2 aromatic carbocycles. The minimum atomic E-state index is -3.67. The number of benzene rings is 2.